The van der Waals surface area contributed by atoms with Crippen molar-refractivity contribution in [2.45, 2.75) is 38.8 Å². The van der Waals surface area contributed by atoms with Crippen molar-refractivity contribution in [1.82, 2.24) is 15.5 Å². The van der Waals surface area contributed by atoms with Crippen molar-refractivity contribution in [2.24, 2.45) is 11.8 Å². The third-order valence-electron chi connectivity index (χ3n) is 4.15. The molecule has 2 aliphatic rings. The predicted molar refractivity (Wildman–Crippen MR) is 74.9 cm³/mol. The SMILES string of the molecule is CC(C)(C)N1CC(C(=O)NCC2CNCC2O)CC1=O. The first kappa shape index (κ1) is 15.3. The molecule has 0 bridgehead atoms. The number of nitrogens with one attached hydrogen (secondary N) is 2. The van der Waals surface area contributed by atoms with E-state index in [1.807, 2.05) is 20.8 Å². The van der Waals surface area contributed by atoms with Gasteiger partial charge in [-0.15, -0.1) is 0 Å². The van der Waals surface area contributed by atoms with E-state index in [1.165, 1.54) is 0 Å². The van der Waals surface area contributed by atoms with Crippen molar-refractivity contribution in [3.05, 3.63) is 0 Å². The summed E-state index contributed by atoms with van der Waals surface area (Å²) < 4.78 is 0. The van der Waals surface area contributed by atoms with Gasteiger partial charge in [0.15, 0.2) is 0 Å². The zero-order valence-corrected chi connectivity index (χ0v) is 12.5. The van der Waals surface area contributed by atoms with Gasteiger partial charge in [0.2, 0.25) is 11.8 Å². The minimum absolute atomic E-state index is 0.0419. The topological polar surface area (TPSA) is 81.7 Å². The average molecular weight is 283 g/mol. The molecule has 2 amide bonds. The van der Waals surface area contributed by atoms with Crippen LogP contribution in [0.2, 0.25) is 0 Å². The van der Waals surface area contributed by atoms with Crippen LogP contribution in [0.3, 0.4) is 0 Å². The van der Waals surface area contributed by atoms with Crippen LogP contribution in [0.15, 0.2) is 0 Å². The Morgan fingerprint density at radius 3 is 2.65 bits per heavy atom. The van der Waals surface area contributed by atoms with E-state index in [9.17, 15) is 14.7 Å². The van der Waals surface area contributed by atoms with Crippen LogP contribution < -0.4 is 10.6 Å². The zero-order chi connectivity index (χ0) is 14.9. The first-order valence-corrected chi connectivity index (χ1v) is 7.26. The van der Waals surface area contributed by atoms with Crippen LogP contribution in [0, 0.1) is 11.8 Å². The van der Waals surface area contributed by atoms with Gasteiger partial charge < -0.3 is 20.6 Å². The molecule has 20 heavy (non-hydrogen) atoms. The molecule has 114 valence electrons. The molecular weight excluding hydrogens is 258 g/mol. The first-order chi connectivity index (χ1) is 9.29. The van der Waals surface area contributed by atoms with Gasteiger partial charge in [0.1, 0.15) is 0 Å². The molecular formula is C14H25N3O3. The van der Waals surface area contributed by atoms with Gasteiger partial charge in [0.25, 0.3) is 0 Å². The molecule has 0 aliphatic carbocycles. The van der Waals surface area contributed by atoms with Gasteiger partial charge in [-0.05, 0) is 20.8 Å². The van der Waals surface area contributed by atoms with E-state index >= 15 is 0 Å². The van der Waals surface area contributed by atoms with E-state index in [0.29, 0.717) is 19.6 Å². The third-order valence-corrected chi connectivity index (χ3v) is 4.15. The lowest BCUT2D eigenvalue weighted by molar-refractivity contribution is -0.132. The number of hydrogen-bond donors (Lipinski definition) is 3. The number of β-amino-alcohol motifs (C(OH)–C–C–N with tert-alkyl or cyclic N) is 1. The van der Waals surface area contributed by atoms with Gasteiger partial charge in [0, 0.05) is 44.1 Å². The molecule has 0 saturated carbocycles. The lowest BCUT2D eigenvalue weighted by atomic mass is 10.0. The molecule has 2 heterocycles. The highest BCUT2D eigenvalue weighted by Gasteiger charge is 2.39. The fraction of sp³-hybridized carbons (Fsp3) is 0.857. The largest absolute Gasteiger partial charge is 0.391 e. The molecule has 6 heteroatoms. The summed E-state index contributed by atoms with van der Waals surface area (Å²) in [5, 5.41) is 15.6. The molecule has 2 rings (SSSR count). The van der Waals surface area contributed by atoms with Gasteiger partial charge in [-0.3, -0.25) is 9.59 Å². The van der Waals surface area contributed by atoms with E-state index in [2.05, 4.69) is 10.6 Å². The minimum Gasteiger partial charge on any atom is -0.391 e. The Labute approximate surface area is 119 Å². The number of aliphatic hydroxyl groups is 1. The maximum absolute atomic E-state index is 12.1. The fourth-order valence-electron chi connectivity index (χ4n) is 2.83. The Morgan fingerprint density at radius 2 is 2.15 bits per heavy atom. The van der Waals surface area contributed by atoms with Crippen molar-refractivity contribution in [3.8, 4) is 0 Å². The smallest absolute Gasteiger partial charge is 0.225 e. The lowest BCUT2D eigenvalue weighted by Crippen LogP contribution is -2.43. The molecule has 0 aromatic rings. The Hall–Kier alpha value is -1.14. The van der Waals surface area contributed by atoms with E-state index < -0.39 is 6.10 Å². The molecule has 6 nitrogen and oxygen atoms in total. The van der Waals surface area contributed by atoms with Crippen LogP contribution in [0.5, 0.6) is 0 Å². The van der Waals surface area contributed by atoms with Crippen LogP contribution in [-0.2, 0) is 9.59 Å². The Bertz CT molecular complexity index is 392. The maximum atomic E-state index is 12.1. The standard InChI is InChI=1S/C14H25N3O3/c1-14(2,3)17-8-9(4-12(17)19)13(20)16-6-10-5-15-7-11(10)18/h9-11,15,18H,4-8H2,1-3H3,(H,16,20). The summed E-state index contributed by atoms with van der Waals surface area (Å²) in [5.74, 6) is -0.243. The molecule has 0 spiro atoms. The van der Waals surface area contributed by atoms with Crippen LogP contribution in [-0.4, -0.2) is 59.6 Å². The second kappa shape index (κ2) is 5.69. The van der Waals surface area contributed by atoms with Crippen molar-refractivity contribution >= 4 is 11.8 Å². The highest BCUT2D eigenvalue weighted by Crippen LogP contribution is 2.25. The van der Waals surface area contributed by atoms with Gasteiger partial charge in [-0.25, -0.2) is 0 Å². The summed E-state index contributed by atoms with van der Waals surface area (Å²) in [7, 11) is 0. The summed E-state index contributed by atoms with van der Waals surface area (Å²) >= 11 is 0. The summed E-state index contributed by atoms with van der Waals surface area (Å²) in [6, 6.07) is 0. The van der Waals surface area contributed by atoms with E-state index in [1.54, 1.807) is 4.90 Å². The predicted octanol–water partition coefficient (Wildman–Crippen LogP) is -0.670. The van der Waals surface area contributed by atoms with Gasteiger partial charge in [-0.1, -0.05) is 0 Å². The number of nitrogens with zero attached hydrogens (tertiary/aromatic N) is 1. The van der Waals surface area contributed by atoms with E-state index in [0.717, 1.165) is 6.54 Å². The number of carbonyl (C=O) groups excluding carboxylic acids is 2. The molecule has 2 fully saturated rings. The normalized spacial score (nSPS) is 30.9. The van der Waals surface area contributed by atoms with Crippen LogP contribution in [0.1, 0.15) is 27.2 Å². The summed E-state index contributed by atoms with van der Waals surface area (Å²) in [6.45, 7) is 8.19. The second-order valence-corrected chi connectivity index (χ2v) is 6.81. The van der Waals surface area contributed by atoms with Crippen molar-refractivity contribution in [3.63, 3.8) is 0 Å². The Kier molecular flexibility index (Phi) is 4.34. The zero-order valence-electron chi connectivity index (χ0n) is 12.5. The number of aliphatic hydroxyl groups excluding tert-OH is 1. The van der Waals surface area contributed by atoms with Crippen LogP contribution in [0.4, 0.5) is 0 Å². The van der Waals surface area contributed by atoms with Crippen molar-refractivity contribution in [1.29, 1.82) is 0 Å². The van der Waals surface area contributed by atoms with Crippen molar-refractivity contribution in [2.75, 3.05) is 26.2 Å². The number of rotatable bonds is 3. The number of hydrogen-bond acceptors (Lipinski definition) is 4. The Morgan fingerprint density at radius 1 is 1.45 bits per heavy atom. The van der Waals surface area contributed by atoms with Gasteiger partial charge in [-0.2, -0.15) is 0 Å². The second-order valence-electron chi connectivity index (χ2n) is 6.81. The van der Waals surface area contributed by atoms with E-state index in [4.69, 9.17) is 0 Å². The van der Waals surface area contributed by atoms with Crippen LogP contribution >= 0.6 is 0 Å². The number of likely N-dealkylation sites (tertiary alicyclic amines) is 1. The molecule has 3 N–H and O–H groups in total. The molecule has 2 saturated heterocycles. The highest BCUT2D eigenvalue weighted by atomic mass is 16.3. The number of carbonyl (C=O) groups is 2. The monoisotopic (exact) mass is 283 g/mol. The molecule has 0 aromatic carbocycles. The average Bonchev–Trinajstić information content (AvgIpc) is 2.92. The van der Waals surface area contributed by atoms with Gasteiger partial charge >= 0.3 is 0 Å². The molecule has 0 radical (unpaired) electrons. The quantitative estimate of drug-likeness (QED) is 0.642. The molecule has 0 aromatic heterocycles. The molecule has 3 unspecified atom stereocenters. The van der Waals surface area contributed by atoms with E-state index in [-0.39, 0.29) is 35.6 Å². The van der Waals surface area contributed by atoms with Crippen LogP contribution in [0.25, 0.3) is 0 Å². The summed E-state index contributed by atoms with van der Waals surface area (Å²) in [4.78, 5) is 25.8. The minimum atomic E-state index is -0.397. The first-order valence-electron chi connectivity index (χ1n) is 7.26. The highest BCUT2D eigenvalue weighted by molar-refractivity contribution is 5.89. The fourth-order valence-corrected chi connectivity index (χ4v) is 2.83. The summed E-state index contributed by atoms with van der Waals surface area (Å²) in [6.07, 6.45) is -0.110. The van der Waals surface area contributed by atoms with Gasteiger partial charge in [0.05, 0.1) is 12.0 Å². The Balaban J connectivity index is 1.83. The maximum Gasteiger partial charge on any atom is 0.225 e. The summed E-state index contributed by atoms with van der Waals surface area (Å²) in [5.41, 5.74) is -0.238. The molecule has 3 atom stereocenters. The molecule has 2 aliphatic heterocycles. The lowest BCUT2D eigenvalue weighted by Gasteiger charge is -2.32. The third kappa shape index (κ3) is 3.30. The number of amides is 2. The van der Waals surface area contributed by atoms with Crippen molar-refractivity contribution < 1.29 is 14.7 Å².